The molecule has 1 aromatic heterocycles. The zero-order valence-corrected chi connectivity index (χ0v) is 20.5. The van der Waals surface area contributed by atoms with Gasteiger partial charge < -0.3 is 10.1 Å². The number of aromatic nitrogens is 1. The number of amides is 1. The summed E-state index contributed by atoms with van der Waals surface area (Å²) in [6, 6.07) is 17.1. The van der Waals surface area contributed by atoms with E-state index in [0.29, 0.717) is 16.5 Å². The molecule has 4 aromatic rings. The fourth-order valence-corrected chi connectivity index (χ4v) is 5.49. The molecule has 3 aromatic carbocycles. The molecule has 4 rings (SSSR count). The molecule has 152 valence electrons. The lowest BCUT2D eigenvalue weighted by atomic mass is 10.2. The molecule has 0 bridgehead atoms. The number of anilines is 1. The van der Waals surface area contributed by atoms with E-state index in [2.05, 4.69) is 37.2 Å². The van der Waals surface area contributed by atoms with Crippen LogP contribution in [-0.4, -0.2) is 17.5 Å². The molecule has 4 nitrogen and oxygen atoms in total. The molecule has 0 unspecified atom stereocenters. The van der Waals surface area contributed by atoms with E-state index < -0.39 is 0 Å². The highest BCUT2D eigenvalue weighted by atomic mass is 79.9. The Bertz CT molecular complexity index is 1230. The van der Waals surface area contributed by atoms with E-state index in [1.54, 1.807) is 29.5 Å². The van der Waals surface area contributed by atoms with E-state index in [1.165, 1.54) is 0 Å². The lowest BCUT2D eigenvalue weighted by Crippen LogP contribution is -2.21. The first kappa shape index (κ1) is 21.3. The van der Waals surface area contributed by atoms with E-state index in [1.807, 2.05) is 43.3 Å². The monoisotopic (exact) mass is 564 g/mol. The van der Waals surface area contributed by atoms with Gasteiger partial charge in [-0.15, -0.1) is 11.3 Å². The highest BCUT2D eigenvalue weighted by Crippen LogP contribution is 2.40. The average molecular weight is 567 g/mol. The van der Waals surface area contributed by atoms with Crippen molar-refractivity contribution in [1.82, 2.24) is 4.98 Å². The number of carbonyl (C=O) groups excluding carboxylic acids is 1. The van der Waals surface area contributed by atoms with Crippen molar-refractivity contribution in [3.05, 3.63) is 74.1 Å². The van der Waals surface area contributed by atoms with E-state index in [4.69, 9.17) is 21.3 Å². The Kier molecular flexibility index (Phi) is 6.43. The molecule has 0 aliphatic heterocycles. The van der Waals surface area contributed by atoms with Gasteiger partial charge in [-0.1, -0.05) is 39.7 Å². The third-order valence-corrected chi connectivity index (χ3v) is 6.73. The summed E-state index contributed by atoms with van der Waals surface area (Å²) in [7, 11) is 0. The zero-order valence-electron chi connectivity index (χ0n) is 15.7. The maximum Gasteiger partial charge on any atom is 0.262 e. The summed E-state index contributed by atoms with van der Waals surface area (Å²) in [4.78, 5) is 17.4. The van der Waals surface area contributed by atoms with Gasteiger partial charge in [-0.3, -0.25) is 4.79 Å². The third kappa shape index (κ3) is 4.70. The van der Waals surface area contributed by atoms with Crippen molar-refractivity contribution in [2.75, 3.05) is 11.9 Å². The summed E-state index contributed by atoms with van der Waals surface area (Å²) < 4.78 is 8.40. The largest absolute Gasteiger partial charge is 0.483 e. The van der Waals surface area contributed by atoms with Gasteiger partial charge in [0.05, 0.1) is 15.9 Å². The summed E-state index contributed by atoms with van der Waals surface area (Å²) in [6.45, 7) is 1.76. The molecule has 30 heavy (non-hydrogen) atoms. The van der Waals surface area contributed by atoms with Crippen molar-refractivity contribution >= 4 is 76.6 Å². The lowest BCUT2D eigenvalue weighted by Gasteiger charge is -2.14. The summed E-state index contributed by atoms with van der Waals surface area (Å²) in [5.41, 5.74) is 3.27. The molecular weight excluding hydrogens is 552 g/mol. The molecule has 1 N–H and O–H groups in total. The minimum Gasteiger partial charge on any atom is -0.483 e. The third-order valence-electron chi connectivity index (χ3n) is 4.34. The second-order valence-electron chi connectivity index (χ2n) is 6.54. The van der Waals surface area contributed by atoms with Crippen LogP contribution in [0.5, 0.6) is 5.75 Å². The van der Waals surface area contributed by atoms with Gasteiger partial charge in [-0.25, -0.2) is 4.98 Å². The maximum atomic E-state index is 12.6. The van der Waals surface area contributed by atoms with Gasteiger partial charge in [0.25, 0.3) is 5.91 Å². The second-order valence-corrected chi connectivity index (χ2v) is 9.78. The fraction of sp³-hybridized carbons (Fsp3) is 0.0909. The number of rotatable bonds is 5. The van der Waals surface area contributed by atoms with Crippen molar-refractivity contribution in [3.63, 3.8) is 0 Å². The zero-order chi connectivity index (χ0) is 21.3. The fourth-order valence-electron chi connectivity index (χ4n) is 2.95. The van der Waals surface area contributed by atoms with Gasteiger partial charge in [-0.2, -0.15) is 0 Å². The van der Waals surface area contributed by atoms with Gasteiger partial charge in [0.1, 0.15) is 10.8 Å². The van der Waals surface area contributed by atoms with E-state index in [0.717, 1.165) is 35.3 Å². The predicted octanol–water partition coefficient (Wildman–Crippen LogP) is 7.47. The van der Waals surface area contributed by atoms with Crippen LogP contribution in [0.3, 0.4) is 0 Å². The average Bonchev–Trinajstić information content (AvgIpc) is 3.13. The SMILES string of the molecule is Cc1cc(Cl)ccc1OCC(=O)Nc1c(Br)cc(Br)cc1-c1nc2ccccc2s1. The number of nitrogens with one attached hydrogen (secondary N) is 1. The van der Waals surface area contributed by atoms with Crippen LogP contribution in [0.25, 0.3) is 20.8 Å². The summed E-state index contributed by atoms with van der Waals surface area (Å²) in [5.74, 6) is 0.352. The van der Waals surface area contributed by atoms with Gasteiger partial charge in [0.15, 0.2) is 6.61 Å². The van der Waals surface area contributed by atoms with Crippen LogP contribution in [0.2, 0.25) is 5.02 Å². The number of ether oxygens (including phenoxy) is 1. The van der Waals surface area contributed by atoms with Crippen LogP contribution in [-0.2, 0) is 4.79 Å². The first-order valence-corrected chi connectivity index (χ1v) is 11.7. The van der Waals surface area contributed by atoms with E-state index in [9.17, 15) is 4.79 Å². The minimum atomic E-state index is -0.269. The number of nitrogens with zero attached hydrogens (tertiary/aromatic N) is 1. The van der Waals surface area contributed by atoms with Gasteiger partial charge >= 0.3 is 0 Å². The van der Waals surface area contributed by atoms with Crippen LogP contribution >= 0.6 is 54.8 Å². The molecule has 0 atom stereocenters. The summed E-state index contributed by atoms with van der Waals surface area (Å²) >= 11 is 14.6. The highest BCUT2D eigenvalue weighted by Gasteiger charge is 2.17. The number of hydrogen-bond acceptors (Lipinski definition) is 4. The van der Waals surface area contributed by atoms with Crippen molar-refractivity contribution in [2.24, 2.45) is 0 Å². The standard InChI is InChI=1S/C22H15Br2ClN2O2S/c1-12-8-14(25)6-7-18(12)29-11-20(28)27-21-15(9-13(23)10-16(21)24)22-26-17-4-2-3-5-19(17)30-22/h2-10H,11H2,1H3,(H,27,28). The predicted molar refractivity (Wildman–Crippen MR) is 131 cm³/mol. The Hall–Kier alpha value is -1.93. The van der Waals surface area contributed by atoms with Crippen LogP contribution in [0.15, 0.2) is 63.5 Å². The first-order chi connectivity index (χ1) is 14.4. The topological polar surface area (TPSA) is 51.2 Å². The molecule has 8 heteroatoms. The number of para-hydroxylation sites is 1. The molecular formula is C22H15Br2ClN2O2S. The Morgan fingerprint density at radius 3 is 2.73 bits per heavy atom. The van der Waals surface area contributed by atoms with Crippen molar-refractivity contribution in [2.45, 2.75) is 6.92 Å². The van der Waals surface area contributed by atoms with Crippen molar-refractivity contribution < 1.29 is 9.53 Å². The number of benzene rings is 3. The van der Waals surface area contributed by atoms with Crippen molar-refractivity contribution in [3.8, 4) is 16.3 Å². The maximum absolute atomic E-state index is 12.6. The Labute approximate surface area is 199 Å². The smallest absolute Gasteiger partial charge is 0.262 e. The molecule has 1 amide bonds. The minimum absolute atomic E-state index is 0.121. The number of hydrogen-bond donors (Lipinski definition) is 1. The highest BCUT2D eigenvalue weighted by molar-refractivity contribution is 9.11. The number of fused-ring (bicyclic) bond motifs is 1. The molecule has 0 fully saturated rings. The lowest BCUT2D eigenvalue weighted by molar-refractivity contribution is -0.118. The van der Waals surface area contributed by atoms with Gasteiger partial charge in [0.2, 0.25) is 0 Å². The van der Waals surface area contributed by atoms with Crippen LogP contribution in [0, 0.1) is 6.92 Å². The number of aryl methyl sites for hydroxylation is 1. The number of carbonyl (C=O) groups is 1. The number of thiazole rings is 1. The molecule has 0 radical (unpaired) electrons. The first-order valence-electron chi connectivity index (χ1n) is 8.94. The Balaban J connectivity index is 1.59. The Morgan fingerprint density at radius 1 is 1.17 bits per heavy atom. The quantitative estimate of drug-likeness (QED) is 0.273. The Morgan fingerprint density at radius 2 is 1.97 bits per heavy atom. The van der Waals surface area contributed by atoms with Gasteiger partial charge in [0, 0.05) is 19.5 Å². The molecule has 0 saturated heterocycles. The van der Waals surface area contributed by atoms with Crippen LogP contribution in [0.4, 0.5) is 5.69 Å². The van der Waals surface area contributed by atoms with E-state index >= 15 is 0 Å². The molecule has 0 aliphatic carbocycles. The molecule has 0 spiro atoms. The second kappa shape index (κ2) is 9.06. The molecule has 0 saturated carbocycles. The van der Waals surface area contributed by atoms with Crippen LogP contribution in [0.1, 0.15) is 5.56 Å². The number of halogens is 3. The molecule has 0 aliphatic rings. The van der Waals surface area contributed by atoms with Crippen molar-refractivity contribution in [1.29, 1.82) is 0 Å². The summed E-state index contributed by atoms with van der Waals surface area (Å²) in [5, 5.41) is 4.41. The van der Waals surface area contributed by atoms with Crippen LogP contribution < -0.4 is 10.1 Å². The molecule has 1 heterocycles. The van der Waals surface area contributed by atoms with E-state index in [-0.39, 0.29) is 12.5 Å². The summed E-state index contributed by atoms with van der Waals surface area (Å²) in [6.07, 6.45) is 0. The normalized spacial score (nSPS) is 10.9. The van der Waals surface area contributed by atoms with Gasteiger partial charge in [-0.05, 0) is 70.9 Å².